The van der Waals surface area contributed by atoms with E-state index in [1.165, 1.54) is 5.56 Å². The first-order valence-corrected chi connectivity index (χ1v) is 7.67. The highest BCUT2D eigenvalue weighted by Gasteiger charge is 2.27. The molecule has 2 unspecified atom stereocenters. The summed E-state index contributed by atoms with van der Waals surface area (Å²) in [5, 5.41) is 7.10. The topological polar surface area (TPSA) is 50.4 Å². The third-order valence-electron chi connectivity index (χ3n) is 3.34. The lowest BCUT2D eigenvalue weighted by Gasteiger charge is -2.21. The molecule has 0 saturated carbocycles. The lowest BCUT2D eigenvalue weighted by Crippen LogP contribution is -2.40. The van der Waals surface area contributed by atoms with Gasteiger partial charge in [0.05, 0.1) is 0 Å². The van der Waals surface area contributed by atoms with Gasteiger partial charge in [0.25, 0.3) is 0 Å². The van der Waals surface area contributed by atoms with Crippen molar-refractivity contribution in [3.05, 3.63) is 34.9 Å². The zero-order valence-electron chi connectivity index (χ0n) is 12.8. The Morgan fingerprint density at radius 1 is 1.38 bits per heavy atom. The number of benzene rings is 1. The molecule has 1 heterocycles. The van der Waals surface area contributed by atoms with Crippen molar-refractivity contribution in [3.63, 3.8) is 0 Å². The zero-order valence-corrected chi connectivity index (χ0v) is 13.5. The van der Waals surface area contributed by atoms with Crippen molar-refractivity contribution < 1.29 is 9.53 Å². The Balaban J connectivity index is 1.78. The van der Waals surface area contributed by atoms with E-state index in [1.54, 1.807) is 0 Å². The fourth-order valence-corrected chi connectivity index (χ4v) is 2.59. The van der Waals surface area contributed by atoms with Gasteiger partial charge in [0, 0.05) is 23.7 Å². The van der Waals surface area contributed by atoms with Gasteiger partial charge in [0.1, 0.15) is 5.60 Å². The molecule has 2 rings (SSSR count). The molecule has 0 aliphatic carbocycles. The van der Waals surface area contributed by atoms with Crippen molar-refractivity contribution in [1.29, 1.82) is 0 Å². The van der Waals surface area contributed by atoms with E-state index in [0.717, 1.165) is 24.4 Å². The van der Waals surface area contributed by atoms with E-state index >= 15 is 0 Å². The molecular weight excluding hydrogens is 288 g/mol. The molecular formula is C16H23ClN2O2. The minimum atomic E-state index is -0.459. The van der Waals surface area contributed by atoms with Crippen LogP contribution in [0.15, 0.2) is 24.3 Å². The second kappa shape index (κ2) is 6.67. The molecule has 4 nitrogen and oxygen atoms in total. The molecule has 5 heteroatoms. The number of halogens is 1. The van der Waals surface area contributed by atoms with Gasteiger partial charge in [0.15, 0.2) is 0 Å². The highest BCUT2D eigenvalue weighted by Crippen LogP contribution is 2.16. The molecule has 1 aliphatic rings. The highest BCUT2D eigenvalue weighted by molar-refractivity contribution is 6.30. The molecule has 21 heavy (non-hydrogen) atoms. The lowest BCUT2D eigenvalue weighted by atomic mass is 10.0. The molecule has 2 N–H and O–H groups in total. The Kier molecular flexibility index (Phi) is 5.12. The van der Waals surface area contributed by atoms with Gasteiger partial charge < -0.3 is 15.4 Å². The zero-order chi connectivity index (χ0) is 15.5. The average molecular weight is 311 g/mol. The van der Waals surface area contributed by atoms with Crippen LogP contribution in [0.4, 0.5) is 4.79 Å². The molecule has 1 aromatic rings. The van der Waals surface area contributed by atoms with Crippen molar-refractivity contribution in [2.75, 3.05) is 6.54 Å². The molecule has 0 bridgehead atoms. The third-order valence-corrected chi connectivity index (χ3v) is 3.59. The van der Waals surface area contributed by atoms with Crippen LogP contribution in [0.1, 0.15) is 32.8 Å². The monoisotopic (exact) mass is 310 g/mol. The van der Waals surface area contributed by atoms with Gasteiger partial charge in [-0.3, -0.25) is 0 Å². The summed E-state index contributed by atoms with van der Waals surface area (Å²) in [5.41, 5.74) is 0.786. The summed E-state index contributed by atoms with van der Waals surface area (Å²) in [6.45, 7) is 6.37. The highest BCUT2D eigenvalue weighted by atomic mass is 35.5. The Bertz CT molecular complexity index is 482. The number of nitrogens with one attached hydrogen (secondary N) is 2. The van der Waals surface area contributed by atoms with Gasteiger partial charge in [-0.15, -0.1) is 0 Å². The minimum absolute atomic E-state index is 0.122. The second-order valence-electron chi connectivity index (χ2n) is 6.51. The van der Waals surface area contributed by atoms with Crippen LogP contribution in [0.5, 0.6) is 0 Å². The van der Waals surface area contributed by atoms with Crippen LogP contribution < -0.4 is 10.6 Å². The van der Waals surface area contributed by atoms with Crippen LogP contribution in [0.2, 0.25) is 5.02 Å². The molecule has 0 spiro atoms. The molecule has 0 radical (unpaired) electrons. The molecule has 1 aliphatic heterocycles. The van der Waals surface area contributed by atoms with Crippen molar-refractivity contribution in [3.8, 4) is 0 Å². The van der Waals surface area contributed by atoms with Crippen molar-refractivity contribution in [1.82, 2.24) is 10.6 Å². The molecule has 0 aromatic heterocycles. The molecule has 1 fully saturated rings. The number of hydrogen-bond donors (Lipinski definition) is 2. The van der Waals surface area contributed by atoms with E-state index < -0.39 is 5.60 Å². The van der Waals surface area contributed by atoms with Crippen LogP contribution in [0.3, 0.4) is 0 Å². The molecule has 1 amide bonds. The minimum Gasteiger partial charge on any atom is -0.444 e. The summed E-state index contributed by atoms with van der Waals surface area (Å²) in [4.78, 5) is 11.7. The van der Waals surface area contributed by atoms with Crippen molar-refractivity contribution >= 4 is 17.7 Å². The smallest absolute Gasteiger partial charge is 0.407 e. The van der Waals surface area contributed by atoms with E-state index in [1.807, 2.05) is 45.0 Å². The van der Waals surface area contributed by atoms with E-state index in [2.05, 4.69) is 10.6 Å². The fourth-order valence-electron chi connectivity index (χ4n) is 2.46. The van der Waals surface area contributed by atoms with Crippen LogP contribution in [-0.4, -0.2) is 30.3 Å². The first-order chi connectivity index (χ1) is 9.82. The third kappa shape index (κ3) is 5.56. The molecule has 2 atom stereocenters. The Morgan fingerprint density at radius 3 is 2.67 bits per heavy atom. The fraction of sp³-hybridized carbons (Fsp3) is 0.562. The van der Waals surface area contributed by atoms with E-state index in [4.69, 9.17) is 16.3 Å². The largest absolute Gasteiger partial charge is 0.444 e. The van der Waals surface area contributed by atoms with Crippen LogP contribution in [-0.2, 0) is 11.2 Å². The lowest BCUT2D eigenvalue weighted by molar-refractivity contribution is 0.0508. The van der Waals surface area contributed by atoms with Crippen LogP contribution in [0, 0.1) is 0 Å². The Labute approximate surface area is 131 Å². The number of ether oxygens (including phenoxy) is 1. The number of carbonyl (C=O) groups is 1. The summed E-state index contributed by atoms with van der Waals surface area (Å²) in [6, 6.07) is 8.38. The standard InChI is InChI=1S/C16H23ClN2O2/c1-16(2,3)21-15(20)19-14-9-13(18-10-14)8-11-4-6-12(17)7-5-11/h4-7,13-14,18H,8-10H2,1-3H3,(H,19,20). The van der Waals surface area contributed by atoms with Gasteiger partial charge in [0.2, 0.25) is 0 Å². The predicted molar refractivity (Wildman–Crippen MR) is 84.7 cm³/mol. The van der Waals surface area contributed by atoms with Gasteiger partial charge in [-0.2, -0.15) is 0 Å². The maximum atomic E-state index is 11.7. The summed E-state index contributed by atoms with van der Waals surface area (Å²) in [7, 11) is 0. The SMILES string of the molecule is CC(C)(C)OC(=O)NC1CNC(Cc2ccc(Cl)cc2)C1. The van der Waals surface area contributed by atoms with Gasteiger partial charge in [-0.05, 0) is 51.3 Å². The second-order valence-corrected chi connectivity index (χ2v) is 6.95. The number of rotatable bonds is 3. The number of amides is 1. The quantitative estimate of drug-likeness (QED) is 0.902. The number of alkyl carbamates (subject to hydrolysis) is 1. The Hall–Kier alpha value is -1.26. The number of hydrogen-bond acceptors (Lipinski definition) is 3. The van der Waals surface area contributed by atoms with E-state index in [-0.39, 0.29) is 12.1 Å². The summed E-state index contributed by atoms with van der Waals surface area (Å²) in [5.74, 6) is 0. The van der Waals surface area contributed by atoms with Gasteiger partial charge in [-0.25, -0.2) is 4.79 Å². The molecule has 1 saturated heterocycles. The van der Waals surface area contributed by atoms with Crippen molar-refractivity contribution in [2.24, 2.45) is 0 Å². The van der Waals surface area contributed by atoms with Crippen molar-refractivity contribution in [2.45, 2.75) is 51.3 Å². The summed E-state index contributed by atoms with van der Waals surface area (Å²) < 4.78 is 5.27. The normalized spacial score (nSPS) is 22.1. The number of carbonyl (C=O) groups excluding carboxylic acids is 1. The molecule has 116 valence electrons. The maximum absolute atomic E-state index is 11.7. The van der Waals surface area contributed by atoms with Gasteiger partial charge >= 0.3 is 6.09 Å². The average Bonchev–Trinajstić information content (AvgIpc) is 2.77. The van der Waals surface area contributed by atoms with Gasteiger partial charge in [-0.1, -0.05) is 23.7 Å². The Morgan fingerprint density at radius 2 is 2.05 bits per heavy atom. The molecule has 1 aromatic carbocycles. The first kappa shape index (κ1) is 16.1. The van der Waals surface area contributed by atoms with E-state index in [0.29, 0.717) is 6.04 Å². The van der Waals surface area contributed by atoms with E-state index in [9.17, 15) is 4.79 Å². The summed E-state index contributed by atoms with van der Waals surface area (Å²) in [6.07, 6.45) is 1.49. The summed E-state index contributed by atoms with van der Waals surface area (Å²) >= 11 is 5.88. The van der Waals surface area contributed by atoms with Crippen LogP contribution >= 0.6 is 11.6 Å². The first-order valence-electron chi connectivity index (χ1n) is 7.29. The predicted octanol–water partition coefficient (Wildman–Crippen LogP) is 3.14. The maximum Gasteiger partial charge on any atom is 0.407 e. The van der Waals surface area contributed by atoms with Crippen LogP contribution in [0.25, 0.3) is 0 Å².